The molecule has 8 aromatic carbocycles. The van der Waals surface area contributed by atoms with Crippen LogP contribution in [-0.4, -0.2) is 10.9 Å². The summed E-state index contributed by atoms with van der Waals surface area (Å²) in [6.07, 6.45) is 0. The molecule has 0 aromatic heterocycles. The number of hydrogen-bond donors (Lipinski definition) is 0. The summed E-state index contributed by atoms with van der Waals surface area (Å²) in [5, 5.41) is 12.5. The number of halogens is 2. The van der Waals surface area contributed by atoms with Crippen molar-refractivity contribution in [2.75, 3.05) is 0 Å². The van der Waals surface area contributed by atoms with Crippen LogP contribution in [0, 0.1) is 13.8 Å². The van der Waals surface area contributed by atoms with E-state index in [2.05, 4.69) is 184 Å². The second-order valence-electron chi connectivity index (χ2n) is 12.4. The van der Waals surface area contributed by atoms with Crippen molar-refractivity contribution in [2.24, 2.45) is 0 Å². The Morgan fingerprint density at radius 3 is 1.12 bits per heavy atom. The van der Waals surface area contributed by atoms with Crippen LogP contribution in [0.1, 0.15) is 11.1 Å². The van der Waals surface area contributed by atoms with Gasteiger partial charge in [0.1, 0.15) is 0 Å². The molecule has 0 amide bonds. The SMILES string of the molecule is Cc1cc2c(-c3ccccc3)cccc2[cH-]1.Cc1cc2c(-c3ccccc3)cccc2[cH-]1.[Cl-].[Cl-].c1ccc2c(c1)[Si]1=[Zr]=[Si]2c2ccccc21. The fourth-order valence-electron chi connectivity index (χ4n) is 7.03. The van der Waals surface area contributed by atoms with Gasteiger partial charge in [-0.3, -0.25) is 0 Å². The average Bonchev–Trinajstić information content (AvgIpc) is 3.90. The molecule has 2 aliphatic heterocycles. The zero-order valence-electron chi connectivity index (χ0n) is 27.4. The first-order valence-electron chi connectivity index (χ1n) is 16.3. The van der Waals surface area contributed by atoms with Crippen LogP contribution < -0.4 is 45.6 Å². The Morgan fingerprint density at radius 1 is 0.408 bits per heavy atom. The minimum atomic E-state index is -0.176. The van der Waals surface area contributed by atoms with Gasteiger partial charge in [0.15, 0.2) is 0 Å². The standard InChI is InChI=1S/2C16H13.C12H8Si2.2ClH.Zr/c2*1-12-10-14-8-5-9-15(16(14)11-12)13-6-3-2-4-7-13;1-2-6-10-9(5-1)13-11-7-3-4-8-12(11)14-10;;;/h2*2-11H,1H3;1-8H;2*1H;/q2*-1;;;;/p-2. The summed E-state index contributed by atoms with van der Waals surface area (Å²) in [6, 6.07) is 61.7. The Labute approximate surface area is 313 Å². The van der Waals surface area contributed by atoms with E-state index in [1.165, 1.54) is 54.9 Å². The Balaban J connectivity index is 0.000000125. The summed E-state index contributed by atoms with van der Waals surface area (Å²) in [5.41, 5.74) is 7.54. The molecule has 0 unspecified atom stereocenters. The molecule has 2 aliphatic rings. The van der Waals surface area contributed by atoms with Crippen molar-refractivity contribution in [1.29, 1.82) is 0 Å². The van der Waals surface area contributed by atoms with E-state index in [-0.39, 0.29) is 56.1 Å². The predicted molar refractivity (Wildman–Crippen MR) is 202 cm³/mol. The number of benzene rings is 6. The van der Waals surface area contributed by atoms with Gasteiger partial charge in [0.05, 0.1) is 0 Å². The summed E-state index contributed by atoms with van der Waals surface area (Å²) in [7, 11) is 0. The molecule has 240 valence electrons. The Hall–Kier alpha value is -3.56. The van der Waals surface area contributed by atoms with Crippen LogP contribution in [-0.2, 0) is 20.5 Å². The maximum absolute atomic E-state index is 2.41. The second kappa shape index (κ2) is 15.5. The minimum absolute atomic E-state index is 0. The van der Waals surface area contributed by atoms with Crippen LogP contribution in [0.25, 0.3) is 43.8 Å². The molecule has 10 rings (SSSR count). The summed E-state index contributed by atoms with van der Waals surface area (Å²) in [5.74, 6) is 0. The zero-order valence-corrected chi connectivity index (χ0v) is 33.4. The monoisotopic (exact) mass is 778 g/mol. The molecule has 0 saturated carbocycles. The van der Waals surface area contributed by atoms with Crippen LogP contribution in [0.5, 0.6) is 0 Å². The summed E-state index contributed by atoms with van der Waals surface area (Å²) in [4.78, 5) is 0. The topological polar surface area (TPSA) is 0 Å². The van der Waals surface area contributed by atoms with Crippen LogP contribution in [0.4, 0.5) is 0 Å². The van der Waals surface area contributed by atoms with Crippen LogP contribution in [0.2, 0.25) is 0 Å². The maximum atomic E-state index is 2.41. The molecule has 0 N–H and O–H groups in total. The number of hydrogen-bond acceptors (Lipinski definition) is 0. The Morgan fingerprint density at radius 2 is 0.755 bits per heavy atom. The van der Waals surface area contributed by atoms with Crippen molar-refractivity contribution in [1.82, 2.24) is 0 Å². The van der Waals surface area contributed by atoms with E-state index >= 15 is 0 Å². The van der Waals surface area contributed by atoms with Gasteiger partial charge in [-0.15, -0.1) is 69.1 Å². The molecule has 2 bridgehead atoms. The fraction of sp³-hybridized carbons (Fsp3) is 0.0455. The van der Waals surface area contributed by atoms with E-state index in [4.69, 9.17) is 0 Å². The molecule has 5 heteroatoms. The first-order chi connectivity index (χ1) is 23.1. The van der Waals surface area contributed by atoms with Crippen molar-refractivity contribution in [2.45, 2.75) is 13.8 Å². The molecular weight excluding hydrogens is 747 g/mol. The van der Waals surface area contributed by atoms with E-state index < -0.39 is 0 Å². The van der Waals surface area contributed by atoms with Crippen LogP contribution in [0.15, 0.2) is 170 Å². The van der Waals surface area contributed by atoms with Gasteiger partial charge in [-0.1, -0.05) is 97.8 Å². The molecule has 0 saturated heterocycles. The Kier molecular flexibility index (Phi) is 11.2. The quantitative estimate of drug-likeness (QED) is 0.187. The molecular formula is C44H34Cl2Si2Zr-4. The van der Waals surface area contributed by atoms with Crippen molar-refractivity contribution < 1.29 is 45.3 Å². The van der Waals surface area contributed by atoms with Gasteiger partial charge in [0.2, 0.25) is 0 Å². The summed E-state index contributed by atoms with van der Waals surface area (Å²) < 4.78 is 0. The first-order valence-corrected chi connectivity index (χ1v) is 26.6. The molecule has 0 aliphatic carbocycles. The number of fused-ring (bicyclic) bond motifs is 8. The van der Waals surface area contributed by atoms with Crippen LogP contribution in [0.3, 0.4) is 0 Å². The van der Waals surface area contributed by atoms with Crippen molar-refractivity contribution in [3.63, 3.8) is 0 Å². The molecule has 0 atom stereocenters. The summed E-state index contributed by atoms with van der Waals surface area (Å²) >= 11 is -0.0931. The van der Waals surface area contributed by atoms with Crippen molar-refractivity contribution in [3.8, 4) is 22.3 Å². The molecule has 0 fully saturated rings. The molecule has 0 spiro atoms. The number of rotatable bonds is 2. The van der Waals surface area contributed by atoms with Crippen molar-refractivity contribution in [3.05, 3.63) is 181 Å². The van der Waals surface area contributed by atoms with Gasteiger partial charge in [-0.25, -0.2) is 0 Å². The van der Waals surface area contributed by atoms with Gasteiger partial charge in [-0.05, 0) is 11.1 Å². The number of aryl methyl sites for hydroxylation is 2. The molecule has 8 aromatic rings. The fourth-order valence-corrected chi connectivity index (χ4v) is 42.3. The molecule has 0 nitrogen and oxygen atoms in total. The third kappa shape index (κ3) is 7.06. The second-order valence-corrected chi connectivity index (χ2v) is 29.9. The molecule has 2 heterocycles. The van der Waals surface area contributed by atoms with Gasteiger partial charge in [-0.2, -0.15) is 12.1 Å². The molecule has 0 radical (unpaired) electrons. The molecule has 49 heavy (non-hydrogen) atoms. The van der Waals surface area contributed by atoms with Gasteiger partial charge >= 0.3 is 101 Å². The van der Waals surface area contributed by atoms with Gasteiger partial charge < -0.3 is 24.8 Å². The summed E-state index contributed by atoms with van der Waals surface area (Å²) in [6.45, 7) is 4.30. The Bertz CT molecular complexity index is 2250. The third-order valence-electron chi connectivity index (χ3n) is 9.14. The average molecular weight is 781 g/mol. The van der Waals surface area contributed by atoms with E-state index in [0.717, 1.165) is 0 Å². The van der Waals surface area contributed by atoms with Crippen molar-refractivity contribution >= 4 is 53.2 Å². The zero-order chi connectivity index (χ0) is 31.7. The van der Waals surface area contributed by atoms with Gasteiger partial charge in [0, 0.05) is 0 Å². The van der Waals surface area contributed by atoms with E-state index in [0.29, 0.717) is 0 Å². The van der Waals surface area contributed by atoms with Gasteiger partial charge in [0.25, 0.3) is 0 Å². The third-order valence-corrected chi connectivity index (χ3v) is 34.5. The normalized spacial score (nSPS) is 11.5. The van der Waals surface area contributed by atoms with E-state index in [1.54, 1.807) is 20.7 Å². The van der Waals surface area contributed by atoms with Crippen LogP contribution >= 0.6 is 0 Å². The predicted octanol–water partition coefficient (Wildman–Crippen LogP) is 2.38. The first kappa shape index (κ1) is 35.3. The van der Waals surface area contributed by atoms with E-state index in [1.807, 2.05) is 0 Å². The van der Waals surface area contributed by atoms with E-state index in [9.17, 15) is 0 Å².